The van der Waals surface area contributed by atoms with E-state index in [2.05, 4.69) is 15.2 Å². The molecular formula is C25H27N3O4S. The maximum atomic E-state index is 13.0. The van der Waals surface area contributed by atoms with Gasteiger partial charge in [0.05, 0.1) is 19.1 Å². The topological polar surface area (TPSA) is 83.4 Å². The molecule has 0 N–H and O–H groups in total. The van der Waals surface area contributed by atoms with E-state index >= 15 is 0 Å². The van der Waals surface area contributed by atoms with Crippen molar-refractivity contribution in [1.29, 1.82) is 0 Å². The van der Waals surface area contributed by atoms with Gasteiger partial charge < -0.3 is 14.2 Å². The highest BCUT2D eigenvalue weighted by Gasteiger charge is 2.37. The normalized spacial score (nSPS) is 16.7. The predicted molar refractivity (Wildman–Crippen MR) is 127 cm³/mol. The first kappa shape index (κ1) is 23.0. The first-order chi connectivity index (χ1) is 16.1. The lowest BCUT2D eigenvalue weighted by molar-refractivity contribution is -0.120. The van der Waals surface area contributed by atoms with Crippen molar-refractivity contribution in [1.82, 2.24) is 15.2 Å². The third-order valence-corrected chi connectivity index (χ3v) is 6.05. The van der Waals surface area contributed by atoms with Gasteiger partial charge in [0.25, 0.3) is 0 Å². The molecule has 0 saturated heterocycles. The molecule has 0 saturated carbocycles. The second-order valence-electron chi connectivity index (χ2n) is 7.47. The number of nitrogens with zero attached hydrogens (tertiary/aromatic N) is 3. The smallest absolute Gasteiger partial charge is 0.245 e. The summed E-state index contributed by atoms with van der Waals surface area (Å²) in [5.74, 6) is 1.89. The SMILES string of the molecule is CCOc1ccc(C2Oc3nc(SCC)nnc3-c3ccccc3C2C(C)=O)cc1OCC. The fraction of sp³-hybridized carbons (Fsp3) is 0.360. The summed E-state index contributed by atoms with van der Waals surface area (Å²) in [4.78, 5) is 17.6. The number of ketones is 1. The number of ether oxygens (including phenoxy) is 3. The average molecular weight is 466 g/mol. The Bertz CT molecular complexity index is 1150. The second-order valence-corrected chi connectivity index (χ2v) is 8.70. The number of fused-ring (bicyclic) bond motifs is 3. The van der Waals surface area contributed by atoms with Crippen LogP contribution in [0.1, 0.15) is 50.8 Å². The van der Waals surface area contributed by atoms with E-state index < -0.39 is 12.0 Å². The van der Waals surface area contributed by atoms with Gasteiger partial charge in [0.15, 0.2) is 17.2 Å². The summed E-state index contributed by atoms with van der Waals surface area (Å²) in [7, 11) is 0. The number of carbonyl (C=O) groups excluding carboxylic acids is 1. The number of thioether (sulfide) groups is 1. The Morgan fingerprint density at radius 1 is 1.03 bits per heavy atom. The monoisotopic (exact) mass is 465 g/mol. The van der Waals surface area contributed by atoms with E-state index in [-0.39, 0.29) is 5.78 Å². The van der Waals surface area contributed by atoms with Gasteiger partial charge in [-0.15, -0.1) is 10.2 Å². The number of carbonyl (C=O) groups is 1. The van der Waals surface area contributed by atoms with Gasteiger partial charge in [0.2, 0.25) is 11.0 Å². The van der Waals surface area contributed by atoms with Crippen LogP contribution in [0.4, 0.5) is 0 Å². The van der Waals surface area contributed by atoms with Crippen LogP contribution in [0.15, 0.2) is 47.6 Å². The van der Waals surface area contributed by atoms with Gasteiger partial charge >= 0.3 is 0 Å². The Labute approximate surface area is 197 Å². The quantitative estimate of drug-likeness (QED) is 0.417. The van der Waals surface area contributed by atoms with Gasteiger partial charge in [0.1, 0.15) is 11.9 Å². The van der Waals surface area contributed by atoms with Crippen LogP contribution < -0.4 is 14.2 Å². The van der Waals surface area contributed by atoms with Gasteiger partial charge in [-0.25, -0.2) is 0 Å². The minimum absolute atomic E-state index is 0.0109. The Morgan fingerprint density at radius 3 is 2.52 bits per heavy atom. The Kier molecular flexibility index (Phi) is 7.13. The van der Waals surface area contributed by atoms with Crippen LogP contribution in [-0.2, 0) is 4.79 Å². The van der Waals surface area contributed by atoms with Crippen LogP contribution in [0.5, 0.6) is 17.4 Å². The number of hydrogen-bond acceptors (Lipinski definition) is 8. The van der Waals surface area contributed by atoms with Crippen LogP contribution >= 0.6 is 11.8 Å². The highest BCUT2D eigenvalue weighted by molar-refractivity contribution is 7.99. The van der Waals surface area contributed by atoms with Crippen molar-refractivity contribution in [2.45, 2.75) is 44.9 Å². The summed E-state index contributed by atoms with van der Waals surface area (Å²) in [5, 5.41) is 9.23. The van der Waals surface area contributed by atoms with E-state index in [0.29, 0.717) is 41.4 Å². The Morgan fingerprint density at radius 2 is 1.79 bits per heavy atom. The molecule has 1 aromatic heterocycles. The van der Waals surface area contributed by atoms with Gasteiger partial charge in [-0.1, -0.05) is 49.0 Å². The summed E-state index contributed by atoms with van der Waals surface area (Å²) in [5.41, 5.74) is 2.98. The molecule has 0 amide bonds. The lowest BCUT2D eigenvalue weighted by Crippen LogP contribution is -2.22. The molecule has 0 spiro atoms. The number of Topliss-reactive ketones (excluding diaryl/α,β-unsaturated/α-hetero) is 1. The van der Waals surface area contributed by atoms with Crippen LogP contribution in [0.25, 0.3) is 11.3 Å². The molecule has 0 aliphatic carbocycles. The first-order valence-corrected chi connectivity index (χ1v) is 12.1. The molecule has 0 bridgehead atoms. The van der Waals surface area contributed by atoms with Crippen LogP contribution in [0.2, 0.25) is 0 Å². The average Bonchev–Trinajstić information content (AvgIpc) is 2.95. The minimum Gasteiger partial charge on any atom is -0.490 e. The molecule has 2 unspecified atom stereocenters. The predicted octanol–water partition coefficient (Wildman–Crippen LogP) is 5.25. The van der Waals surface area contributed by atoms with E-state index in [4.69, 9.17) is 14.2 Å². The molecule has 33 heavy (non-hydrogen) atoms. The molecule has 172 valence electrons. The highest BCUT2D eigenvalue weighted by Crippen LogP contribution is 2.46. The minimum atomic E-state index is -0.615. The fourth-order valence-corrected chi connectivity index (χ4v) is 4.52. The van der Waals surface area contributed by atoms with E-state index in [0.717, 1.165) is 22.4 Å². The lowest BCUT2D eigenvalue weighted by atomic mass is 9.84. The number of hydrogen-bond donors (Lipinski definition) is 0. The van der Waals surface area contributed by atoms with Crippen LogP contribution in [0, 0.1) is 0 Å². The van der Waals surface area contributed by atoms with Crippen molar-refractivity contribution in [2.75, 3.05) is 19.0 Å². The van der Waals surface area contributed by atoms with Gasteiger partial charge in [-0.2, -0.15) is 4.98 Å². The third kappa shape index (κ3) is 4.66. The maximum Gasteiger partial charge on any atom is 0.245 e. The molecule has 1 aliphatic rings. The van der Waals surface area contributed by atoms with Crippen molar-refractivity contribution >= 4 is 17.5 Å². The summed E-state index contributed by atoms with van der Waals surface area (Å²) in [6, 6.07) is 13.4. The van der Waals surface area contributed by atoms with E-state index in [9.17, 15) is 4.79 Å². The molecule has 4 rings (SSSR count). The molecule has 2 atom stereocenters. The standard InChI is InChI=1S/C25H27N3O4S/c1-5-30-19-13-12-16(14-20(19)31-6-2)23-21(15(4)29)17-10-8-9-11-18(17)22-24(32-23)26-25(28-27-22)33-7-3/h8-14,21,23H,5-7H2,1-4H3. The fourth-order valence-electron chi connectivity index (χ4n) is 4.01. The lowest BCUT2D eigenvalue weighted by Gasteiger charge is -2.25. The van der Waals surface area contributed by atoms with Crippen molar-refractivity contribution in [2.24, 2.45) is 0 Å². The second kappa shape index (κ2) is 10.2. The zero-order chi connectivity index (χ0) is 23.4. The first-order valence-electron chi connectivity index (χ1n) is 11.1. The van der Waals surface area contributed by atoms with Crippen molar-refractivity contribution in [3.05, 3.63) is 53.6 Å². The zero-order valence-corrected chi connectivity index (χ0v) is 20.0. The van der Waals surface area contributed by atoms with Gasteiger partial charge in [0, 0.05) is 5.56 Å². The van der Waals surface area contributed by atoms with E-state index in [1.54, 1.807) is 6.92 Å². The van der Waals surface area contributed by atoms with Crippen LogP contribution in [-0.4, -0.2) is 39.9 Å². The summed E-state index contributed by atoms with van der Waals surface area (Å²) < 4.78 is 18.0. The molecule has 3 aromatic rings. The number of benzene rings is 2. The molecule has 2 heterocycles. The summed E-state index contributed by atoms with van der Waals surface area (Å²) >= 11 is 1.49. The molecular weight excluding hydrogens is 438 g/mol. The van der Waals surface area contributed by atoms with E-state index in [1.165, 1.54) is 11.8 Å². The molecule has 8 heteroatoms. The molecule has 2 aromatic carbocycles. The Balaban J connectivity index is 1.90. The van der Waals surface area contributed by atoms with E-state index in [1.807, 2.05) is 63.2 Å². The van der Waals surface area contributed by atoms with Crippen molar-refractivity contribution < 1.29 is 19.0 Å². The van der Waals surface area contributed by atoms with Crippen LogP contribution in [0.3, 0.4) is 0 Å². The highest BCUT2D eigenvalue weighted by atomic mass is 32.2. The molecule has 1 aliphatic heterocycles. The van der Waals surface area contributed by atoms with Crippen molar-refractivity contribution in [3.63, 3.8) is 0 Å². The van der Waals surface area contributed by atoms with Gasteiger partial charge in [-0.3, -0.25) is 4.79 Å². The number of rotatable bonds is 8. The molecule has 7 nitrogen and oxygen atoms in total. The maximum absolute atomic E-state index is 13.0. The third-order valence-electron chi connectivity index (χ3n) is 5.34. The zero-order valence-electron chi connectivity index (χ0n) is 19.2. The summed E-state index contributed by atoms with van der Waals surface area (Å²) in [6.45, 7) is 8.48. The summed E-state index contributed by atoms with van der Waals surface area (Å²) in [6.07, 6.45) is -0.615. The largest absolute Gasteiger partial charge is 0.490 e. The molecule has 0 fully saturated rings. The van der Waals surface area contributed by atoms with Crippen molar-refractivity contribution in [3.8, 4) is 28.6 Å². The number of aromatic nitrogens is 3. The van der Waals surface area contributed by atoms with Gasteiger partial charge in [-0.05, 0) is 49.8 Å². The molecule has 0 radical (unpaired) electrons. The Hall–Kier alpha value is -3.13.